The summed E-state index contributed by atoms with van der Waals surface area (Å²) in [6, 6.07) is 24.2. The number of halogens is 3. The van der Waals surface area contributed by atoms with E-state index in [0.717, 1.165) is 22.6 Å². The number of hydrogen-bond donors (Lipinski definition) is 1. The number of nitrogens with one attached hydrogen (secondary N) is 1. The van der Waals surface area contributed by atoms with E-state index in [2.05, 4.69) is 70.5 Å². The summed E-state index contributed by atoms with van der Waals surface area (Å²) in [5.74, 6) is 0.0944. The van der Waals surface area contributed by atoms with E-state index >= 15 is 0 Å². The summed E-state index contributed by atoms with van der Waals surface area (Å²) in [4.78, 5) is 21.4. The molecule has 0 radical (unpaired) electrons. The molecule has 2 aromatic carbocycles. The van der Waals surface area contributed by atoms with Crippen LogP contribution in [-0.4, -0.2) is 43.8 Å². The second kappa shape index (κ2) is 12.0. The number of fused-ring (bicyclic) bond motifs is 1. The van der Waals surface area contributed by atoms with Gasteiger partial charge in [0.05, 0.1) is 24.0 Å². The van der Waals surface area contributed by atoms with Crippen LogP contribution < -0.4 is 15.7 Å². The van der Waals surface area contributed by atoms with Gasteiger partial charge in [0.15, 0.2) is 5.82 Å². The summed E-state index contributed by atoms with van der Waals surface area (Å²) in [6.45, 7) is 7.18. The number of rotatable bonds is 8. The van der Waals surface area contributed by atoms with Crippen molar-refractivity contribution >= 4 is 24.6 Å². The molecule has 0 unspecified atom stereocenters. The van der Waals surface area contributed by atoms with Crippen molar-refractivity contribution in [3.63, 3.8) is 0 Å². The van der Waals surface area contributed by atoms with Crippen LogP contribution in [0.15, 0.2) is 85.1 Å². The molecule has 0 aliphatic carbocycles. The average molecular weight is 646 g/mol. The number of nitrogens with zero attached hydrogens (tertiary/aromatic N) is 6. The summed E-state index contributed by atoms with van der Waals surface area (Å²) in [7, 11) is -1.18. The minimum absolute atomic E-state index is 0.111. The van der Waals surface area contributed by atoms with E-state index in [0.29, 0.717) is 35.7 Å². The third-order valence-corrected chi connectivity index (χ3v) is 13.3. The van der Waals surface area contributed by atoms with E-state index in [9.17, 15) is 18.0 Å². The van der Waals surface area contributed by atoms with Crippen molar-refractivity contribution in [3.8, 4) is 11.3 Å². The second-order valence-electron chi connectivity index (χ2n) is 12.3. The van der Waals surface area contributed by atoms with Gasteiger partial charge in [-0.1, -0.05) is 81.4 Å². The molecule has 0 saturated carbocycles. The van der Waals surface area contributed by atoms with Crippen molar-refractivity contribution < 1.29 is 22.4 Å². The molecule has 1 aliphatic heterocycles. The molecule has 4 heterocycles. The summed E-state index contributed by atoms with van der Waals surface area (Å²) in [5, 5.41) is 14.0. The molecule has 0 bridgehead atoms. The molecule has 1 amide bonds. The maximum atomic E-state index is 13.5. The largest absolute Gasteiger partial charge is 0.433 e. The molecule has 46 heavy (non-hydrogen) atoms. The van der Waals surface area contributed by atoms with Crippen molar-refractivity contribution in [3.05, 3.63) is 108 Å². The minimum atomic E-state index is -4.56. The predicted octanol–water partition coefficient (Wildman–Crippen LogP) is 5.04. The number of amides is 1. The number of aromatic nitrogens is 6. The molecule has 1 atom stereocenters. The van der Waals surface area contributed by atoms with E-state index in [1.165, 1.54) is 10.7 Å². The average Bonchev–Trinajstić information content (AvgIpc) is 3.73. The molecule has 0 saturated heterocycles. The van der Waals surface area contributed by atoms with Gasteiger partial charge in [0.1, 0.15) is 5.69 Å². The van der Waals surface area contributed by atoms with Crippen LogP contribution in [0.3, 0.4) is 0 Å². The zero-order valence-corrected chi connectivity index (χ0v) is 26.9. The molecular weight excluding hydrogens is 611 g/mol. The van der Waals surface area contributed by atoms with Gasteiger partial charge in [0.25, 0.3) is 14.2 Å². The first-order valence-electron chi connectivity index (χ1n) is 14.9. The van der Waals surface area contributed by atoms with Gasteiger partial charge in [0.2, 0.25) is 5.82 Å². The number of carbonyl (C=O) groups is 1. The summed E-state index contributed by atoms with van der Waals surface area (Å²) < 4.78 is 49.7. The van der Waals surface area contributed by atoms with Gasteiger partial charge in [-0.25, -0.2) is 9.67 Å². The van der Waals surface area contributed by atoms with Crippen molar-refractivity contribution in [1.29, 1.82) is 0 Å². The van der Waals surface area contributed by atoms with Crippen LogP contribution in [0.5, 0.6) is 0 Å². The van der Waals surface area contributed by atoms with Crippen molar-refractivity contribution in [2.24, 2.45) is 7.05 Å². The Bertz CT molecular complexity index is 1810. The molecule has 0 spiro atoms. The van der Waals surface area contributed by atoms with E-state index in [1.54, 1.807) is 17.8 Å². The van der Waals surface area contributed by atoms with Crippen LogP contribution in [0, 0.1) is 0 Å². The topological polar surface area (TPSA) is 99.8 Å². The van der Waals surface area contributed by atoms with E-state index in [-0.39, 0.29) is 17.5 Å². The highest BCUT2D eigenvalue weighted by molar-refractivity contribution is 6.99. The van der Waals surface area contributed by atoms with Gasteiger partial charge >= 0.3 is 6.18 Å². The number of benzene rings is 2. The lowest BCUT2D eigenvalue weighted by Gasteiger charge is -2.42. The zero-order chi connectivity index (χ0) is 32.7. The highest BCUT2D eigenvalue weighted by atomic mass is 28.4. The minimum Gasteiger partial charge on any atom is -0.400 e. The van der Waals surface area contributed by atoms with Crippen molar-refractivity contribution in [1.82, 2.24) is 34.8 Å². The van der Waals surface area contributed by atoms with Crippen LogP contribution in [0.4, 0.5) is 13.2 Å². The maximum absolute atomic E-state index is 13.5. The van der Waals surface area contributed by atoms with Gasteiger partial charge in [-0.2, -0.15) is 23.4 Å². The Labute approximate surface area is 265 Å². The van der Waals surface area contributed by atoms with Crippen LogP contribution in [0.25, 0.3) is 11.3 Å². The van der Waals surface area contributed by atoms with Crippen LogP contribution in [-0.2, 0) is 30.8 Å². The number of alkyl halides is 3. The normalized spacial score (nSPS) is 15.2. The molecule has 9 nitrogen and oxygen atoms in total. The molecule has 1 aliphatic rings. The molecule has 5 aromatic rings. The molecule has 3 aromatic heterocycles. The molecule has 1 N–H and O–H groups in total. The maximum Gasteiger partial charge on any atom is 0.433 e. The SMILES string of the molecule is Cn1nc(CO[Si](c2ccccc2)(c2ccccc2)C(C)(C)C)nc1C(=O)N[C@H]1CCn2nc(-c3ccnc(C(F)(F)F)c3)cc21. The number of hydrogen-bond acceptors (Lipinski definition) is 6. The smallest absolute Gasteiger partial charge is 0.400 e. The van der Waals surface area contributed by atoms with E-state index in [1.807, 2.05) is 36.4 Å². The van der Waals surface area contributed by atoms with Crippen molar-refractivity contribution in [2.75, 3.05) is 0 Å². The van der Waals surface area contributed by atoms with E-state index < -0.39 is 32.1 Å². The lowest BCUT2D eigenvalue weighted by molar-refractivity contribution is -0.141. The van der Waals surface area contributed by atoms with Crippen LogP contribution in [0.2, 0.25) is 5.04 Å². The summed E-state index contributed by atoms with van der Waals surface area (Å²) in [5.41, 5.74) is 0.391. The van der Waals surface area contributed by atoms with Crippen LogP contribution in [0.1, 0.15) is 61.1 Å². The summed E-state index contributed by atoms with van der Waals surface area (Å²) >= 11 is 0. The zero-order valence-electron chi connectivity index (χ0n) is 25.9. The van der Waals surface area contributed by atoms with Gasteiger partial charge < -0.3 is 9.74 Å². The number of aryl methyl sites for hydroxylation is 2. The van der Waals surface area contributed by atoms with Gasteiger partial charge in [0, 0.05) is 25.4 Å². The molecule has 6 rings (SSSR count). The molecular formula is C33H34F3N7O2Si. The number of pyridine rings is 1. The molecule has 238 valence electrons. The Morgan fingerprint density at radius 3 is 2.24 bits per heavy atom. The lowest BCUT2D eigenvalue weighted by Crippen LogP contribution is -2.66. The Balaban J connectivity index is 1.21. The highest BCUT2D eigenvalue weighted by Crippen LogP contribution is 2.37. The first kappa shape index (κ1) is 31.4. The van der Waals surface area contributed by atoms with E-state index in [4.69, 9.17) is 4.43 Å². The first-order chi connectivity index (χ1) is 21.9. The molecule has 13 heteroatoms. The fourth-order valence-corrected chi connectivity index (χ4v) is 10.7. The first-order valence-corrected chi connectivity index (χ1v) is 16.8. The second-order valence-corrected chi connectivity index (χ2v) is 16.7. The lowest BCUT2D eigenvalue weighted by atomic mass is 10.1. The fraction of sp³-hybridized carbons (Fsp3) is 0.303. The highest BCUT2D eigenvalue weighted by Gasteiger charge is 2.50. The van der Waals surface area contributed by atoms with Gasteiger partial charge in [-0.05, 0) is 40.0 Å². The molecule has 0 fully saturated rings. The predicted molar refractivity (Wildman–Crippen MR) is 169 cm³/mol. The van der Waals surface area contributed by atoms with Gasteiger partial charge in [-0.3, -0.25) is 14.5 Å². The Morgan fingerprint density at radius 1 is 0.978 bits per heavy atom. The Hall–Kier alpha value is -4.62. The fourth-order valence-electron chi connectivity index (χ4n) is 6.18. The monoisotopic (exact) mass is 645 g/mol. The van der Waals surface area contributed by atoms with Gasteiger partial charge in [-0.15, -0.1) is 0 Å². The third kappa shape index (κ3) is 5.87. The van der Waals surface area contributed by atoms with Crippen LogP contribution >= 0.6 is 0 Å². The third-order valence-electron chi connectivity index (χ3n) is 8.29. The van der Waals surface area contributed by atoms with Crippen molar-refractivity contribution in [2.45, 2.75) is 57.6 Å². The Morgan fingerprint density at radius 2 is 1.63 bits per heavy atom. The quantitative estimate of drug-likeness (QED) is 0.238. The summed E-state index contributed by atoms with van der Waals surface area (Å²) in [6.07, 6.45) is -2.86. The standard InChI is InChI=1S/C33H34F3N7O2Si/c1-32(2,3)46(23-11-7-5-8-12-23,24-13-9-6-10-14-24)45-21-29-39-30(42(4)41-29)31(44)38-25-16-18-43-27(25)20-26(40-43)22-15-17-37-28(19-22)33(34,35)36/h5-15,17,19-20,25H,16,18,21H2,1-4H3,(H,38,44)/t25-/m0/s1. The Kier molecular flexibility index (Phi) is 8.15. The number of carbonyl (C=O) groups excluding carboxylic acids is 1.